The lowest BCUT2D eigenvalue weighted by Gasteiger charge is -2.34. The predicted octanol–water partition coefficient (Wildman–Crippen LogP) is 3.38. The van der Waals surface area contributed by atoms with Crippen molar-refractivity contribution >= 4 is 16.8 Å². The molecule has 5 rings (SSSR count). The number of pyridine rings is 1. The van der Waals surface area contributed by atoms with Gasteiger partial charge in [0.1, 0.15) is 0 Å². The summed E-state index contributed by atoms with van der Waals surface area (Å²) in [4.78, 5) is 19.4. The van der Waals surface area contributed by atoms with Gasteiger partial charge in [-0.3, -0.25) is 14.7 Å². The Balaban J connectivity index is 1.26. The van der Waals surface area contributed by atoms with Gasteiger partial charge in [-0.2, -0.15) is 0 Å². The zero-order valence-electron chi connectivity index (χ0n) is 18.0. The van der Waals surface area contributed by atoms with Gasteiger partial charge >= 0.3 is 0 Å². The highest BCUT2D eigenvalue weighted by molar-refractivity contribution is 5.82. The Bertz CT molecular complexity index is 1250. The number of benzene rings is 2. The van der Waals surface area contributed by atoms with Gasteiger partial charge in [-0.1, -0.05) is 48.5 Å². The van der Waals surface area contributed by atoms with Gasteiger partial charge in [0.25, 0.3) is 0 Å². The molecule has 0 radical (unpaired) electrons. The molecule has 162 valence electrons. The van der Waals surface area contributed by atoms with Crippen LogP contribution in [0.25, 0.3) is 10.9 Å². The highest BCUT2D eigenvalue weighted by atomic mass is 16.4. The number of hydrogen-bond donors (Lipinski definition) is 1. The monoisotopic (exact) mass is 427 g/mol. The van der Waals surface area contributed by atoms with Crippen LogP contribution in [0.4, 0.5) is 0 Å². The summed E-state index contributed by atoms with van der Waals surface area (Å²) in [6, 6.07) is 18.3. The fraction of sp³-hybridized carbons (Fsp3) is 0.280. The number of fused-ring (bicyclic) bond motifs is 2. The van der Waals surface area contributed by atoms with E-state index in [4.69, 9.17) is 4.42 Å². The summed E-state index contributed by atoms with van der Waals surface area (Å²) in [6.45, 7) is 3.28. The molecule has 1 atom stereocenters. The summed E-state index contributed by atoms with van der Waals surface area (Å²) < 4.78 is 5.73. The van der Waals surface area contributed by atoms with Gasteiger partial charge in [0.2, 0.25) is 17.7 Å². The third kappa shape index (κ3) is 4.24. The Kier molecular flexibility index (Phi) is 5.64. The maximum Gasteiger partial charge on any atom is 0.234 e. The van der Waals surface area contributed by atoms with Crippen LogP contribution in [0.5, 0.6) is 0 Å². The number of nitrogens with zero attached hydrogens (tertiary/aromatic N) is 4. The van der Waals surface area contributed by atoms with E-state index >= 15 is 0 Å². The smallest absolute Gasteiger partial charge is 0.234 e. The maximum atomic E-state index is 12.8. The summed E-state index contributed by atoms with van der Waals surface area (Å²) in [5.74, 6) is 1.08. The third-order valence-electron chi connectivity index (χ3n) is 5.95. The minimum absolute atomic E-state index is 0.0150. The third-order valence-corrected chi connectivity index (χ3v) is 5.95. The first-order valence-electron chi connectivity index (χ1n) is 10.9. The number of amides is 1. The molecule has 0 saturated carbocycles. The molecule has 7 heteroatoms. The largest absolute Gasteiger partial charge is 0.424 e. The molecule has 1 unspecified atom stereocenters. The SMILES string of the molecule is Cc1nnc(C2Cc3ccccc3CN2CC(=O)NCCc2cccc3cccnc23)o1. The van der Waals surface area contributed by atoms with E-state index < -0.39 is 0 Å². The quantitative estimate of drug-likeness (QED) is 0.508. The number of aromatic nitrogens is 3. The lowest BCUT2D eigenvalue weighted by atomic mass is 9.94. The van der Waals surface area contributed by atoms with Crippen molar-refractivity contribution in [3.63, 3.8) is 0 Å². The van der Waals surface area contributed by atoms with E-state index in [2.05, 4.69) is 55.7 Å². The summed E-state index contributed by atoms with van der Waals surface area (Å²) in [5, 5.41) is 12.4. The molecule has 1 amide bonds. The molecule has 0 saturated heterocycles. The summed E-state index contributed by atoms with van der Waals surface area (Å²) in [7, 11) is 0. The highest BCUT2D eigenvalue weighted by Crippen LogP contribution is 2.32. The normalized spacial score (nSPS) is 16.1. The highest BCUT2D eigenvalue weighted by Gasteiger charge is 2.32. The molecule has 0 bridgehead atoms. The number of nitrogens with one attached hydrogen (secondary N) is 1. The molecular weight excluding hydrogens is 402 g/mol. The number of rotatable bonds is 6. The van der Waals surface area contributed by atoms with Crippen LogP contribution >= 0.6 is 0 Å². The van der Waals surface area contributed by atoms with Gasteiger partial charge in [0, 0.05) is 31.6 Å². The number of carbonyl (C=O) groups excluding carboxylic acids is 1. The zero-order valence-corrected chi connectivity index (χ0v) is 18.0. The Labute approximate surface area is 186 Å². The predicted molar refractivity (Wildman–Crippen MR) is 121 cm³/mol. The van der Waals surface area contributed by atoms with Crippen LogP contribution in [0, 0.1) is 6.92 Å². The average Bonchev–Trinajstić information content (AvgIpc) is 3.25. The van der Waals surface area contributed by atoms with Gasteiger partial charge < -0.3 is 9.73 Å². The molecule has 2 aromatic carbocycles. The Morgan fingerprint density at radius 2 is 1.94 bits per heavy atom. The topological polar surface area (TPSA) is 84.2 Å². The number of para-hydroxylation sites is 1. The standard InChI is InChI=1S/C25H25N5O2/c1-17-28-29-25(32-17)22-14-20-6-2-3-7-21(20)15-30(22)16-23(31)26-13-11-19-9-4-8-18-10-5-12-27-24(18)19/h2-10,12,22H,11,13-16H2,1H3,(H,26,31). The van der Waals surface area contributed by atoms with Gasteiger partial charge in [0.05, 0.1) is 18.1 Å². The number of hydrogen-bond acceptors (Lipinski definition) is 6. The van der Waals surface area contributed by atoms with Crippen LogP contribution in [-0.2, 0) is 24.2 Å². The second kappa shape index (κ2) is 8.88. The molecule has 3 heterocycles. The molecule has 0 aliphatic carbocycles. The first-order valence-corrected chi connectivity index (χ1v) is 10.9. The van der Waals surface area contributed by atoms with Gasteiger partial charge in [0.15, 0.2) is 0 Å². The van der Waals surface area contributed by atoms with Crippen LogP contribution in [-0.4, -0.2) is 39.1 Å². The molecule has 7 nitrogen and oxygen atoms in total. The summed E-state index contributed by atoms with van der Waals surface area (Å²) >= 11 is 0. The average molecular weight is 428 g/mol. The van der Waals surface area contributed by atoms with E-state index in [1.807, 2.05) is 24.3 Å². The molecular formula is C25H25N5O2. The van der Waals surface area contributed by atoms with Crippen molar-refractivity contribution < 1.29 is 9.21 Å². The van der Waals surface area contributed by atoms with E-state index in [1.165, 1.54) is 11.1 Å². The van der Waals surface area contributed by atoms with Crippen molar-refractivity contribution in [1.82, 2.24) is 25.4 Å². The van der Waals surface area contributed by atoms with Crippen LogP contribution in [0.2, 0.25) is 0 Å². The maximum absolute atomic E-state index is 12.8. The van der Waals surface area contributed by atoms with Gasteiger partial charge in [-0.25, -0.2) is 0 Å². The Morgan fingerprint density at radius 3 is 2.78 bits per heavy atom. The van der Waals surface area contributed by atoms with Gasteiger partial charge in [-0.15, -0.1) is 10.2 Å². The van der Waals surface area contributed by atoms with Crippen LogP contribution in [0.15, 0.2) is 65.2 Å². The first kappa shape index (κ1) is 20.3. The zero-order chi connectivity index (χ0) is 21.9. The van der Waals surface area contributed by atoms with E-state index in [1.54, 1.807) is 13.1 Å². The number of aryl methyl sites for hydroxylation is 1. The van der Waals surface area contributed by atoms with Crippen LogP contribution < -0.4 is 5.32 Å². The minimum Gasteiger partial charge on any atom is -0.424 e. The van der Waals surface area contributed by atoms with Crippen molar-refractivity contribution in [3.05, 3.63) is 89.3 Å². The second-order valence-electron chi connectivity index (χ2n) is 8.15. The van der Waals surface area contributed by atoms with Crippen molar-refractivity contribution in [2.45, 2.75) is 32.4 Å². The molecule has 1 aliphatic rings. The lowest BCUT2D eigenvalue weighted by molar-refractivity contribution is -0.123. The summed E-state index contributed by atoms with van der Waals surface area (Å²) in [6.07, 6.45) is 3.28. The van der Waals surface area contributed by atoms with Crippen LogP contribution in [0.3, 0.4) is 0 Å². The summed E-state index contributed by atoms with van der Waals surface area (Å²) in [5.41, 5.74) is 4.61. The van der Waals surface area contributed by atoms with Gasteiger partial charge in [-0.05, 0) is 35.6 Å². The Morgan fingerprint density at radius 1 is 1.09 bits per heavy atom. The lowest BCUT2D eigenvalue weighted by Crippen LogP contribution is -2.42. The molecule has 2 aromatic heterocycles. The van der Waals surface area contributed by atoms with E-state index in [-0.39, 0.29) is 18.5 Å². The molecule has 0 fully saturated rings. The number of carbonyl (C=O) groups is 1. The van der Waals surface area contributed by atoms with Crippen molar-refractivity contribution in [2.75, 3.05) is 13.1 Å². The molecule has 0 spiro atoms. The van der Waals surface area contributed by atoms with E-state index in [0.29, 0.717) is 24.9 Å². The van der Waals surface area contributed by atoms with Crippen molar-refractivity contribution in [3.8, 4) is 0 Å². The Hall–Kier alpha value is -3.58. The second-order valence-corrected chi connectivity index (χ2v) is 8.15. The van der Waals surface area contributed by atoms with E-state index in [0.717, 1.165) is 29.3 Å². The van der Waals surface area contributed by atoms with Crippen molar-refractivity contribution in [2.24, 2.45) is 0 Å². The molecule has 1 N–H and O–H groups in total. The molecule has 32 heavy (non-hydrogen) atoms. The molecule has 1 aliphatic heterocycles. The molecule has 4 aromatic rings. The first-order chi connectivity index (χ1) is 15.7. The minimum atomic E-state index is -0.112. The van der Waals surface area contributed by atoms with E-state index in [9.17, 15) is 4.79 Å². The fourth-order valence-electron chi connectivity index (χ4n) is 4.38. The fourth-order valence-corrected chi connectivity index (χ4v) is 4.38. The van der Waals surface area contributed by atoms with Crippen LogP contribution in [0.1, 0.15) is 34.5 Å². The van der Waals surface area contributed by atoms with Crippen molar-refractivity contribution in [1.29, 1.82) is 0 Å².